The molecule has 0 unspecified atom stereocenters. The van der Waals surface area contributed by atoms with Gasteiger partial charge in [0.25, 0.3) is 0 Å². The van der Waals surface area contributed by atoms with E-state index in [2.05, 4.69) is 48.4 Å². The van der Waals surface area contributed by atoms with Gasteiger partial charge in [0, 0.05) is 13.1 Å². The molecule has 1 nitrogen and oxygen atoms in total. The number of aryl methyl sites for hydroxylation is 1. The van der Waals surface area contributed by atoms with Crippen molar-refractivity contribution >= 4 is 0 Å². The van der Waals surface area contributed by atoms with E-state index in [1.165, 1.54) is 24.8 Å². The Labute approximate surface area is 105 Å². The molecule has 1 aromatic rings. The molecule has 0 N–H and O–H groups in total. The minimum Gasteiger partial charge on any atom is -0.296 e. The van der Waals surface area contributed by atoms with E-state index in [1.54, 1.807) is 0 Å². The Morgan fingerprint density at radius 1 is 0.941 bits per heavy atom. The van der Waals surface area contributed by atoms with E-state index in [-0.39, 0.29) is 0 Å². The monoisotopic (exact) mass is 229 g/mol. The molecule has 0 aliphatic rings. The second kappa shape index (κ2) is 8.77. The van der Waals surface area contributed by atoms with Gasteiger partial charge >= 0.3 is 0 Å². The fraction of sp³-hybridized carbons (Fsp3) is 0.375. The van der Waals surface area contributed by atoms with E-state index in [1.807, 2.05) is 12.2 Å². The van der Waals surface area contributed by atoms with Gasteiger partial charge in [-0.2, -0.15) is 0 Å². The molecule has 0 fully saturated rings. The maximum Gasteiger partial charge on any atom is 0.0163 e. The number of rotatable bonds is 9. The third kappa shape index (κ3) is 6.08. The maximum atomic E-state index is 3.78. The van der Waals surface area contributed by atoms with Gasteiger partial charge < -0.3 is 0 Å². The second-order valence-electron chi connectivity index (χ2n) is 4.28. The van der Waals surface area contributed by atoms with E-state index >= 15 is 0 Å². The molecule has 1 heteroatoms. The molecule has 0 atom stereocenters. The lowest BCUT2D eigenvalue weighted by Gasteiger charge is -2.18. The average molecular weight is 229 g/mol. The molecule has 0 amide bonds. The van der Waals surface area contributed by atoms with Crippen molar-refractivity contribution in [1.29, 1.82) is 0 Å². The maximum absolute atomic E-state index is 3.78. The highest BCUT2D eigenvalue weighted by molar-refractivity contribution is 5.14. The summed E-state index contributed by atoms with van der Waals surface area (Å²) in [5.74, 6) is 0. The first-order valence-corrected chi connectivity index (χ1v) is 6.35. The van der Waals surface area contributed by atoms with Crippen molar-refractivity contribution in [1.82, 2.24) is 4.90 Å². The molecule has 1 aromatic carbocycles. The van der Waals surface area contributed by atoms with E-state index in [0.717, 1.165) is 19.6 Å². The van der Waals surface area contributed by atoms with Crippen molar-refractivity contribution in [3.8, 4) is 0 Å². The van der Waals surface area contributed by atoms with Gasteiger partial charge in [-0.3, -0.25) is 4.90 Å². The fourth-order valence-corrected chi connectivity index (χ4v) is 1.93. The molecule has 0 saturated heterocycles. The molecule has 92 valence electrons. The van der Waals surface area contributed by atoms with E-state index in [4.69, 9.17) is 0 Å². The third-order valence-electron chi connectivity index (χ3n) is 2.81. The number of hydrogen-bond acceptors (Lipinski definition) is 1. The molecule has 0 heterocycles. The summed E-state index contributed by atoms with van der Waals surface area (Å²) in [6.07, 6.45) is 7.57. The zero-order chi connectivity index (χ0) is 12.3. The number of nitrogens with zero attached hydrogens (tertiary/aromatic N) is 1. The van der Waals surface area contributed by atoms with Crippen LogP contribution in [0.15, 0.2) is 55.6 Å². The van der Waals surface area contributed by atoms with Crippen molar-refractivity contribution in [2.24, 2.45) is 0 Å². The van der Waals surface area contributed by atoms with Crippen molar-refractivity contribution < 1.29 is 0 Å². The fourth-order valence-electron chi connectivity index (χ4n) is 1.93. The Morgan fingerprint density at radius 2 is 1.59 bits per heavy atom. The molecule has 0 saturated carbocycles. The van der Waals surface area contributed by atoms with Crippen molar-refractivity contribution in [3.05, 3.63) is 61.2 Å². The van der Waals surface area contributed by atoms with Gasteiger partial charge in [-0.1, -0.05) is 42.5 Å². The Bertz CT molecular complexity index is 306. The first kappa shape index (κ1) is 13.7. The Kier molecular flexibility index (Phi) is 7.08. The summed E-state index contributed by atoms with van der Waals surface area (Å²) in [7, 11) is 0. The van der Waals surface area contributed by atoms with Crippen molar-refractivity contribution in [2.45, 2.75) is 19.3 Å². The number of hydrogen-bond donors (Lipinski definition) is 0. The van der Waals surface area contributed by atoms with Crippen molar-refractivity contribution in [2.75, 3.05) is 19.6 Å². The standard InChI is InChI=1S/C16H23N/c1-3-13-17(14-4-2)15-9-8-12-16-10-6-5-7-11-16/h3-7,10-11H,1-2,8-9,12-15H2. The van der Waals surface area contributed by atoms with Gasteiger partial charge in [0.1, 0.15) is 0 Å². The predicted molar refractivity (Wildman–Crippen MR) is 76.2 cm³/mol. The summed E-state index contributed by atoms with van der Waals surface area (Å²) in [5.41, 5.74) is 1.44. The highest BCUT2D eigenvalue weighted by atomic mass is 15.1. The Morgan fingerprint density at radius 3 is 2.18 bits per heavy atom. The molecule has 0 spiro atoms. The number of unbranched alkanes of at least 4 members (excludes halogenated alkanes) is 1. The van der Waals surface area contributed by atoms with Crippen LogP contribution in [0.1, 0.15) is 18.4 Å². The topological polar surface area (TPSA) is 3.24 Å². The summed E-state index contributed by atoms with van der Waals surface area (Å²) in [6.45, 7) is 10.6. The van der Waals surface area contributed by atoms with Crippen LogP contribution in [0.5, 0.6) is 0 Å². The van der Waals surface area contributed by atoms with E-state index in [9.17, 15) is 0 Å². The SMILES string of the molecule is C=CCN(CC=C)CCCCc1ccccc1. The quantitative estimate of drug-likeness (QED) is 0.461. The van der Waals surface area contributed by atoms with E-state index in [0.29, 0.717) is 0 Å². The minimum absolute atomic E-state index is 0.956. The highest BCUT2D eigenvalue weighted by Crippen LogP contribution is 2.05. The first-order chi connectivity index (χ1) is 8.36. The van der Waals surface area contributed by atoms with Crippen LogP contribution in [0, 0.1) is 0 Å². The van der Waals surface area contributed by atoms with Crippen LogP contribution in [0.3, 0.4) is 0 Å². The van der Waals surface area contributed by atoms with Crippen LogP contribution in [0.25, 0.3) is 0 Å². The minimum atomic E-state index is 0.956. The zero-order valence-corrected chi connectivity index (χ0v) is 10.6. The van der Waals surface area contributed by atoms with Gasteiger partial charge in [-0.15, -0.1) is 13.2 Å². The largest absolute Gasteiger partial charge is 0.296 e. The van der Waals surface area contributed by atoms with E-state index < -0.39 is 0 Å². The van der Waals surface area contributed by atoms with Gasteiger partial charge in [-0.25, -0.2) is 0 Å². The van der Waals surface area contributed by atoms with Crippen molar-refractivity contribution in [3.63, 3.8) is 0 Å². The highest BCUT2D eigenvalue weighted by Gasteiger charge is 2.00. The van der Waals surface area contributed by atoms with Gasteiger partial charge in [0.2, 0.25) is 0 Å². The molecule has 17 heavy (non-hydrogen) atoms. The summed E-state index contributed by atoms with van der Waals surface area (Å²) in [4.78, 5) is 2.37. The molecule has 1 rings (SSSR count). The van der Waals surface area contributed by atoms with Gasteiger partial charge in [0.05, 0.1) is 0 Å². The number of benzene rings is 1. The predicted octanol–water partition coefficient (Wildman–Crippen LogP) is 3.68. The van der Waals surface area contributed by atoms with Crippen LogP contribution in [0.4, 0.5) is 0 Å². The van der Waals surface area contributed by atoms with Crippen LogP contribution in [0.2, 0.25) is 0 Å². The Balaban J connectivity index is 2.17. The summed E-state index contributed by atoms with van der Waals surface area (Å²) in [6, 6.07) is 10.7. The van der Waals surface area contributed by atoms with Gasteiger partial charge in [-0.05, 0) is 31.4 Å². The van der Waals surface area contributed by atoms with Crippen LogP contribution >= 0.6 is 0 Å². The molecular formula is C16H23N. The average Bonchev–Trinajstić information content (AvgIpc) is 2.36. The normalized spacial score (nSPS) is 10.4. The lowest BCUT2D eigenvalue weighted by atomic mass is 10.1. The van der Waals surface area contributed by atoms with Crippen LogP contribution in [-0.2, 0) is 6.42 Å². The lowest BCUT2D eigenvalue weighted by Crippen LogP contribution is -2.25. The first-order valence-electron chi connectivity index (χ1n) is 6.35. The molecule has 0 aromatic heterocycles. The summed E-state index contributed by atoms with van der Waals surface area (Å²) < 4.78 is 0. The van der Waals surface area contributed by atoms with Crippen LogP contribution in [-0.4, -0.2) is 24.5 Å². The lowest BCUT2D eigenvalue weighted by molar-refractivity contribution is 0.327. The van der Waals surface area contributed by atoms with Crippen LogP contribution < -0.4 is 0 Å². The molecule has 0 aliphatic heterocycles. The molecule has 0 bridgehead atoms. The second-order valence-corrected chi connectivity index (χ2v) is 4.28. The zero-order valence-electron chi connectivity index (χ0n) is 10.6. The summed E-state index contributed by atoms with van der Waals surface area (Å²) in [5, 5.41) is 0. The Hall–Kier alpha value is -1.34. The summed E-state index contributed by atoms with van der Waals surface area (Å²) >= 11 is 0. The third-order valence-corrected chi connectivity index (χ3v) is 2.81. The molecule has 0 radical (unpaired) electrons. The molecule has 0 aliphatic carbocycles. The van der Waals surface area contributed by atoms with Gasteiger partial charge in [0.15, 0.2) is 0 Å². The molecular weight excluding hydrogens is 206 g/mol. The smallest absolute Gasteiger partial charge is 0.0163 e.